The molecule has 1 saturated heterocycles. The predicted molar refractivity (Wildman–Crippen MR) is 37.7 cm³/mol. The summed E-state index contributed by atoms with van der Waals surface area (Å²) in [5.74, 6) is 1.27. The van der Waals surface area contributed by atoms with Crippen molar-refractivity contribution in [2.24, 2.45) is 11.8 Å². The number of hydrogen-bond acceptors (Lipinski definition) is 2. The van der Waals surface area contributed by atoms with E-state index in [-0.39, 0.29) is 0 Å². The van der Waals surface area contributed by atoms with Crippen LogP contribution in [0.4, 0.5) is 0 Å². The Morgan fingerprint density at radius 2 is 2.40 bits per heavy atom. The molecule has 58 valence electrons. The molecule has 2 nitrogen and oxygen atoms in total. The van der Waals surface area contributed by atoms with Crippen molar-refractivity contribution in [1.29, 1.82) is 0 Å². The van der Waals surface area contributed by atoms with Gasteiger partial charge in [0.2, 0.25) is 0 Å². The van der Waals surface area contributed by atoms with Gasteiger partial charge in [-0.15, -0.1) is 0 Å². The van der Waals surface area contributed by atoms with Gasteiger partial charge in [0.25, 0.3) is 0 Å². The van der Waals surface area contributed by atoms with Crippen LogP contribution in [-0.4, -0.2) is 24.4 Å². The second-order valence-corrected chi connectivity index (χ2v) is 3.39. The third-order valence-corrected chi connectivity index (χ3v) is 2.65. The van der Waals surface area contributed by atoms with Crippen LogP contribution >= 0.6 is 0 Å². The molecular weight excluding hydrogens is 128 g/mol. The molecule has 3 atom stereocenters. The lowest BCUT2D eigenvalue weighted by Crippen LogP contribution is -2.09. The van der Waals surface area contributed by atoms with E-state index in [0.717, 1.165) is 6.61 Å². The lowest BCUT2D eigenvalue weighted by molar-refractivity contribution is 0.0855. The summed E-state index contributed by atoms with van der Waals surface area (Å²) in [6, 6.07) is 0. The quantitative estimate of drug-likeness (QED) is 0.617. The lowest BCUT2D eigenvalue weighted by Gasteiger charge is -2.06. The zero-order valence-corrected chi connectivity index (χ0v) is 6.12. The number of aliphatic hydroxyl groups is 1. The normalized spacial score (nSPS) is 45.9. The molecule has 0 aromatic carbocycles. The minimum atomic E-state index is 0.366. The summed E-state index contributed by atoms with van der Waals surface area (Å²) >= 11 is 0. The van der Waals surface area contributed by atoms with Crippen LogP contribution < -0.4 is 0 Å². The van der Waals surface area contributed by atoms with Crippen LogP contribution in [-0.2, 0) is 4.74 Å². The molecule has 1 aliphatic carbocycles. The van der Waals surface area contributed by atoms with Crippen LogP contribution in [0.2, 0.25) is 0 Å². The molecule has 0 bridgehead atoms. The molecule has 2 aliphatic rings. The van der Waals surface area contributed by atoms with Crippen molar-refractivity contribution in [3.05, 3.63) is 0 Å². The number of aliphatic hydroxyl groups excluding tert-OH is 1. The molecule has 10 heavy (non-hydrogen) atoms. The SMILES string of the molecule is OCC1CC1C1CCCO1. The van der Waals surface area contributed by atoms with Crippen molar-refractivity contribution in [3.63, 3.8) is 0 Å². The van der Waals surface area contributed by atoms with Crippen molar-refractivity contribution < 1.29 is 9.84 Å². The zero-order chi connectivity index (χ0) is 6.97. The molecule has 1 saturated carbocycles. The van der Waals surface area contributed by atoms with E-state index in [1.54, 1.807) is 0 Å². The highest BCUT2D eigenvalue weighted by molar-refractivity contribution is 4.92. The maximum absolute atomic E-state index is 8.78. The van der Waals surface area contributed by atoms with E-state index < -0.39 is 0 Å². The fraction of sp³-hybridized carbons (Fsp3) is 1.00. The van der Waals surface area contributed by atoms with Gasteiger partial charge in [-0.05, 0) is 31.1 Å². The third-order valence-electron chi connectivity index (χ3n) is 2.65. The topological polar surface area (TPSA) is 29.5 Å². The summed E-state index contributed by atoms with van der Waals surface area (Å²) in [6.45, 7) is 1.31. The molecule has 0 amide bonds. The Morgan fingerprint density at radius 1 is 1.50 bits per heavy atom. The standard InChI is InChI=1S/C8H14O2/c9-5-6-4-7(6)8-2-1-3-10-8/h6-9H,1-5H2. The maximum Gasteiger partial charge on any atom is 0.0607 e. The van der Waals surface area contributed by atoms with Crippen LogP contribution in [0.15, 0.2) is 0 Å². The number of hydrogen-bond donors (Lipinski definition) is 1. The minimum absolute atomic E-state index is 0.366. The molecule has 0 radical (unpaired) electrons. The summed E-state index contributed by atoms with van der Waals surface area (Å²) < 4.78 is 5.50. The first-order valence-electron chi connectivity index (χ1n) is 4.14. The van der Waals surface area contributed by atoms with Gasteiger partial charge in [-0.1, -0.05) is 0 Å². The second-order valence-electron chi connectivity index (χ2n) is 3.39. The van der Waals surface area contributed by atoms with Crippen molar-refractivity contribution in [3.8, 4) is 0 Å². The van der Waals surface area contributed by atoms with E-state index >= 15 is 0 Å². The Kier molecular flexibility index (Phi) is 1.66. The summed E-state index contributed by atoms with van der Waals surface area (Å²) in [6.07, 6.45) is 4.14. The molecule has 2 heteroatoms. The molecule has 2 fully saturated rings. The largest absolute Gasteiger partial charge is 0.396 e. The van der Waals surface area contributed by atoms with Gasteiger partial charge < -0.3 is 9.84 Å². The minimum Gasteiger partial charge on any atom is -0.396 e. The molecule has 1 aliphatic heterocycles. The molecule has 3 unspecified atom stereocenters. The second kappa shape index (κ2) is 2.51. The Bertz CT molecular complexity index is 118. The van der Waals surface area contributed by atoms with Crippen molar-refractivity contribution in [2.75, 3.05) is 13.2 Å². The summed E-state index contributed by atoms with van der Waals surface area (Å²) in [4.78, 5) is 0. The van der Waals surface area contributed by atoms with E-state index in [9.17, 15) is 0 Å². The van der Waals surface area contributed by atoms with E-state index in [4.69, 9.17) is 9.84 Å². The van der Waals surface area contributed by atoms with Crippen molar-refractivity contribution in [2.45, 2.75) is 25.4 Å². The van der Waals surface area contributed by atoms with E-state index in [1.807, 2.05) is 0 Å². The van der Waals surface area contributed by atoms with Gasteiger partial charge in [0, 0.05) is 13.2 Å². The van der Waals surface area contributed by atoms with Crippen LogP contribution in [0.25, 0.3) is 0 Å². The summed E-state index contributed by atoms with van der Waals surface area (Å²) in [5.41, 5.74) is 0. The number of ether oxygens (including phenoxy) is 1. The Labute approximate surface area is 61.2 Å². The van der Waals surface area contributed by atoms with Crippen LogP contribution in [0.3, 0.4) is 0 Å². The molecule has 1 N–H and O–H groups in total. The van der Waals surface area contributed by atoms with E-state index in [2.05, 4.69) is 0 Å². The van der Waals surface area contributed by atoms with Crippen molar-refractivity contribution >= 4 is 0 Å². The maximum atomic E-state index is 8.78. The lowest BCUT2D eigenvalue weighted by atomic mass is 10.1. The highest BCUT2D eigenvalue weighted by Crippen LogP contribution is 2.44. The third kappa shape index (κ3) is 1.06. The first-order chi connectivity index (χ1) is 4.92. The van der Waals surface area contributed by atoms with E-state index in [0.29, 0.717) is 24.5 Å². The fourth-order valence-electron chi connectivity index (χ4n) is 1.88. The average molecular weight is 142 g/mol. The molecule has 0 spiro atoms. The Morgan fingerprint density at radius 3 is 2.90 bits per heavy atom. The molecule has 0 aromatic rings. The zero-order valence-electron chi connectivity index (χ0n) is 6.12. The van der Waals surface area contributed by atoms with Gasteiger partial charge in [-0.3, -0.25) is 0 Å². The number of rotatable bonds is 2. The first-order valence-corrected chi connectivity index (χ1v) is 4.14. The van der Waals surface area contributed by atoms with E-state index in [1.165, 1.54) is 19.3 Å². The van der Waals surface area contributed by atoms with Crippen LogP contribution in [0, 0.1) is 11.8 Å². The smallest absolute Gasteiger partial charge is 0.0607 e. The molecular formula is C8H14O2. The van der Waals surface area contributed by atoms with Crippen molar-refractivity contribution in [1.82, 2.24) is 0 Å². The monoisotopic (exact) mass is 142 g/mol. The average Bonchev–Trinajstić information content (AvgIpc) is 2.56. The van der Waals surface area contributed by atoms with Gasteiger partial charge in [0.1, 0.15) is 0 Å². The predicted octanol–water partition coefficient (Wildman–Crippen LogP) is 0.794. The van der Waals surface area contributed by atoms with Gasteiger partial charge in [0.15, 0.2) is 0 Å². The summed E-state index contributed by atoms with van der Waals surface area (Å²) in [7, 11) is 0. The van der Waals surface area contributed by atoms with Gasteiger partial charge in [0.05, 0.1) is 6.10 Å². The van der Waals surface area contributed by atoms with Gasteiger partial charge >= 0.3 is 0 Å². The van der Waals surface area contributed by atoms with Crippen LogP contribution in [0.1, 0.15) is 19.3 Å². The highest BCUT2D eigenvalue weighted by Gasteiger charge is 2.43. The first kappa shape index (κ1) is 6.62. The van der Waals surface area contributed by atoms with Crippen LogP contribution in [0.5, 0.6) is 0 Å². The molecule has 0 aromatic heterocycles. The fourth-order valence-corrected chi connectivity index (χ4v) is 1.88. The summed E-state index contributed by atoms with van der Waals surface area (Å²) in [5, 5.41) is 8.78. The molecule has 1 heterocycles. The van der Waals surface area contributed by atoms with Gasteiger partial charge in [-0.25, -0.2) is 0 Å². The highest BCUT2D eigenvalue weighted by atomic mass is 16.5. The Balaban J connectivity index is 1.79. The Hall–Kier alpha value is -0.0800. The van der Waals surface area contributed by atoms with Gasteiger partial charge in [-0.2, -0.15) is 0 Å². The molecule has 2 rings (SSSR count).